The van der Waals surface area contributed by atoms with Crippen LogP contribution >= 0.6 is 23.4 Å². The van der Waals surface area contributed by atoms with Gasteiger partial charge in [0.1, 0.15) is 0 Å². The van der Waals surface area contributed by atoms with Crippen LogP contribution in [0.25, 0.3) is 0 Å². The van der Waals surface area contributed by atoms with Crippen LogP contribution in [0.4, 0.5) is 11.4 Å². The van der Waals surface area contributed by atoms with E-state index in [4.69, 9.17) is 21.8 Å². The quantitative estimate of drug-likeness (QED) is 0.462. The number of hydrogen-bond donors (Lipinski definition) is 0. The Bertz CT molecular complexity index is 1260. The van der Waals surface area contributed by atoms with Crippen molar-refractivity contribution in [1.82, 2.24) is 0 Å². The first kappa shape index (κ1) is 20.8. The highest BCUT2D eigenvalue weighted by Gasteiger charge is 2.55. The average molecular weight is 461 g/mol. The zero-order valence-electron chi connectivity index (χ0n) is 17.7. The van der Waals surface area contributed by atoms with E-state index in [1.165, 1.54) is 11.8 Å². The van der Waals surface area contributed by atoms with Gasteiger partial charge < -0.3 is 0 Å². The molecule has 3 aromatic carbocycles. The van der Waals surface area contributed by atoms with E-state index in [1.54, 1.807) is 6.92 Å². The molecule has 2 aliphatic rings. The number of ketones is 1. The van der Waals surface area contributed by atoms with Crippen LogP contribution in [0.1, 0.15) is 31.4 Å². The number of thioether (sulfide) groups is 1. The summed E-state index contributed by atoms with van der Waals surface area (Å²) < 4.78 is 0. The fraction of sp³-hybridized carbons (Fsp3) is 0.160. The Labute approximate surface area is 196 Å². The van der Waals surface area contributed by atoms with Crippen LogP contribution < -0.4 is 10.0 Å². The number of Topliss-reactive ketones (excluding diaryl/α,β-unsaturated/α-hetero) is 1. The molecule has 0 aromatic heterocycles. The minimum absolute atomic E-state index is 0.0883. The van der Waals surface area contributed by atoms with Gasteiger partial charge in [0.05, 0.1) is 17.1 Å². The van der Waals surface area contributed by atoms with Crippen LogP contribution in [0.5, 0.6) is 0 Å². The third kappa shape index (κ3) is 3.22. The second-order valence-corrected chi connectivity index (χ2v) is 9.15. The summed E-state index contributed by atoms with van der Waals surface area (Å²) in [5.41, 5.74) is 4.76. The highest BCUT2D eigenvalue weighted by Crippen LogP contribution is 2.54. The first-order valence-electron chi connectivity index (χ1n) is 10.4. The number of rotatable bonds is 4. The number of halogens is 1. The molecule has 0 N–H and O–H groups in total. The van der Waals surface area contributed by atoms with E-state index in [1.807, 2.05) is 76.7 Å². The van der Waals surface area contributed by atoms with Crippen molar-refractivity contribution < 1.29 is 4.79 Å². The lowest BCUT2D eigenvalue weighted by molar-refractivity contribution is -0.110. The second kappa shape index (κ2) is 8.11. The number of hydrazone groups is 2. The van der Waals surface area contributed by atoms with Crippen molar-refractivity contribution in [1.29, 1.82) is 0 Å². The zero-order valence-corrected chi connectivity index (χ0v) is 19.3. The van der Waals surface area contributed by atoms with E-state index in [0.29, 0.717) is 10.1 Å². The van der Waals surface area contributed by atoms with Gasteiger partial charge in [0, 0.05) is 23.1 Å². The normalized spacial score (nSPS) is 19.6. The van der Waals surface area contributed by atoms with Crippen molar-refractivity contribution >= 4 is 51.3 Å². The van der Waals surface area contributed by atoms with E-state index in [9.17, 15) is 4.79 Å². The van der Waals surface area contributed by atoms with E-state index in [0.717, 1.165) is 34.6 Å². The van der Waals surface area contributed by atoms with Gasteiger partial charge in [0.25, 0.3) is 0 Å². The maximum absolute atomic E-state index is 12.5. The van der Waals surface area contributed by atoms with Crippen molar-refractivity contribution in [2.75, 3.05) is 10.0 Å². The highest BCUT2D eigenvalue weighted by molar-refractivity contribution is 8.17. The summed E-state index contributed by atoms with van der Waals surface area (Å²) in [5, 5.41) is 14.8. The average Bonchev–Trinajstić information content (AvgIpc) is 3.22. The molecular weight excluding hydrogens is 440 g/mol. The van der Waals surface area contributed by atoms with Crippen LogP contribution in [0.15, 0.2) is 89.1 Å². The Kier molecular flexibility index (Phi) is 5.27. The molecule has 5 nitrogen and oxygen atoms in total. The Morgan fingerprint density at radius 2 is 1.62 bits per heavy atom. The highest BCUT2D eigenvalue weighted by atomic mass is 35.5. The molecule has 160 valence electrons. The Morgan fingerprint density at radius 1 is 0.938 bits per heavy atom. The number of nitrogens with zero attached hydrogens (tertiary/aromatic N) is 4. The van der Waals surface area contributed by atoms with Crippen molar-refractivity contribution in [2.24, 2.45) is 10.2 Å². The number of carbonyl (C=O) groups excluding carboxylic acids is 1. The van der Waals surface area contributed by atoms with Crippen LogP contribution in [-0.4, -0.2) is 16.5 Å². The van der Waals surface area contributed by atoms with Crippen molar-refractivity contribution in [3.05, 3.63) is 95.0 Å². The molecule has 5 rings (SSSR count). The largest absolute Gasteiger partial charge is 0.292 e. The molecule has 0 radical (unpaired) electrons. The molecule has 2 aliphatic heterocycles. The summed E-state index contributed by atoms with van der Waals surface area (Å²) in [5.74, 6) is -0.0883. The van der Waals surface area contributed by atoms with Crippen molar-refractivity contribution in [2.45, 2.75) is 25.3 Å². The predicted molar refractivity (Wildman–Crippen MR) is 134 cm³/mol. The topological polar surface area (TPSA) is 48.3 Å². The van der Waals surface area contributed by atoms with Gasteiger partial charge in [0.2, 0.25) is 4.99 Å². The van der Waals surface area contributed by atoms with Gasteiger partial charge in [0.15, 0.2) is 10.8 Å². The summed E-state index contributed by atoms with van der Waals surface area (Å²) in [7, 11) is 0. The first-order chi connectivity index (χ1) is 15.5. The summed E-state index contributed by atoms with van der Waals surface area (Å²) in [4.78, 5) is 11.6. The molecule has 0 amide bonds. The van der Waals surface area contributed by atoms with Crippen molar-refractivity contribution in [3.63, 3.8) is 0 Å². The van der Waals surface area contributed by atoms with Crippen LogP contribution in [0.2, 0.25) is 5.02 Å². The fourth-order valence-corrected chi connectivity index (χ4v) is 5.55. The predicted octanol–water partition coefficient (Wildman–Crippen LogP) is 6.24. The third-order valence-electron chi connectivity index (χ3n) is 5.50. The number of benzene rings is 3. The van der Waals surface area contributed by atoms with Crippen LogP contribution in [0.3, 0.4) is 0 Å². The summed E-state index contributed by atoms with van der Waals surface area (Å²) in [6, 6.07) is 25.7. The minimum Gasteiger partial charge on any atom is -0.292 e. The monoisotopic (exact) mass is 460 g/mol. The van der Waals surface area contributed by atoms with E-state index >= 15 is 0 Å². The molecule has 0 bridgehead atoms. The molecule has 0 fully saturated rings. The zero-order chi connectivity index (χ0) is 22.3. The molecule has 1 atom stereocenters. The van der Waals surface area contributed by atoms with Crippen molar-refractivity contribution in [3.8, 4) is 0 Å². The van der Waals surface area contributed by atoms with Gasteiger partial charge in [-0.05, 0) is 48.5 Å². The van der Waals surface area contributed by atoms with Gasteiger partial charge in [-0.2, -0.15) is 10.2 Å². The lowest BCUT2D eigenvalue weighted by Crippen LogP contribution is -2.53. The standard InChI is InChI=1S/C25H21ClN4OS/c1-3-23-21-14-7-8-15-22(21)25(29(27-23)19-11-5-4-6-12-19)30(28-24(32-25)17(2)31)20-13-9-10-18(26)16-20/h4-16H,3H2,1-2H3/t25-/m1/s1. The molecule has 0 saturated heterocycles. The first-order valence-corrected chi connectivity index (χ1v) is 11.6. The molecule has 3 aromatic rings. The molecule has 7 heteroatoms. The van der Waals surface area contributed by atoms with Gasteiger partial charge in [-0.15, -0.1) is 0 Å². The SMILES string of the molecule is CCC1=NN(c2ccccc2)[C@]2(SC(C(C)=O)=NN2c2cccc(Cl)c2)c2ccccc21. The van der Waals surface area contributed by atoms with E-state index < -0.39 is 4.99 Å². The fourth-order valence-electron chi connectivity index (χ4n) is 4.08. The number of fused-ring (bicyclic) bond motifs is 2. The molecule has 1 spiro atoms. The van der Waals surface area contributed by atoms with Crippen LogP contribution in [-0.2, 0) is 9.79 Å². The summed E-state index contributed by atoms with van der Waals surface area (Å²) in [6.45, 7) is 3.65. The molecule has 0 saturated carbocycles. The smallest absolute Gasteiger partial charge is 0.234 e. The summed E-state index contributed by atoms with van der Waals surface area (Å²) in [6.07, 6.45) is 0.776. The second-order valence-electron chi connectivity index (χ2n) is 7.56. The molecular formula is C25H21ClN4OS. The molecule has 32 heavy (non-hydrogen) atoms. The lowest BCUT2D eigenvalue weighted by Gasteiger charge is -2.47. The molecule has 0 aliphatic carbocycles. The minimum atomic E-state index is -0.914. The van der Waals surface area contributed by atoms with Gasteiger partial charge in [-0.3, -0.25) is 4.79 Å². The van der Waals surface area contributed by atoms with Gasteiger partial charge in [-0.25, -0.2) is 10.0 Å². The summed E-state index contributed by atoms with van der Waals surface area (Å²) >= 11 is 7.77. The van der Waals surface area contributed by atoms with E-state index in [-0.39, 0.29) is 5.78 Å². The number of carbonyl (C=O) groups is 1. The number of para-hydroxylation sites is 1. The van der Waals surface area contributed by atoms with Gasteiger partial charge in [-0.1, -0.05) is 67.1 Å². The lowest BCUT2D eigenvalue weighted by atomic mass is 9.96. The maximum atomic E-state index is 12.5. The Balaban J connectivity index is 1.83. The van der Waals surface area contributed by atoms with Crippen LogP contribution in [0, 0.1) is 0 Å². The molecule has 0 unspecified atom stereocenters. The van der Waals surface area contributed by atoms with Gasteiger partial charge >= 0.3 is 0 Å². The number of anilines is 2. The number of hydrogen-bond acceptors (Lipinski definition) is 6. The maximum Gasteiger partial charge on any atom is 0.234 e. The Morgan fingerprint density at radius 3 is 2.34 bits per heavy atom. The Hall–Kier alpha value is -3.09. The van der Waals surface area contributed by atoms with E-state index in [2.05, 4.69) is 19.1 Å². The third-order valence-corrected chi connectivity index (χ3v) is 7.15. The molecule has 2 heterocycles.